The molecule has 0 heterocycles. The molecule has 0 fully saturated rings. The molecule has 7 nitrogen and oxygen atoms in total. The van der Waals surface area contributed by atoms with Crippen LogP contribution in [0.3, 0.4) is 0 Å². The standard InChI is InChI=1S/C25H34ClN3O4S/c1-18-12-13-21(26)16-22(18)29(34(6,32)33)17-23(30)28(15-14-20-10-8-7-9-11-20)19(2)24(31)27-25(3,4)5/h7-13,16,19H,14-15,17H2,1-6H3,(H,27,31). The predicted octanol–water partition coefficient (Wildman–Crippen LogP) is 3.79. The Hall–Kier alpha value is -2.58. The fourth-order valence-electron chi connectivity index (χ4n) is 3.49. The van der Waals surface area contributed by atoms with E-state index in [1.807, 2.05) is 51.1 Å². The van der Waals surface area contributed by atoms with Gasteiger partial charge < -0.3 is 10.2 Å². The van der Waals surface area contributed by atoms with Gasteiger partial charge in [-0.3, -0.25) is 13.9 Å². The first kappa shape index (κ1) is 27.7. The number of amides is 2. The molecule has 0 aliphatic rings. The number of aryl methyl sites for hydroxylation is 1. The summed E-state index contributed by atoms with van der Waals surface area (Å²) in [6.45, 7) is 8.80. The third-order valence-electron chi connectivity index (χ3n) is 5.27. The minimum atomic E-state index is -3.80. The summed E-state index contributed by atoms with van der Waals surface area (Å²) in [6, 6.07) is 13.7. The summed E-state index contributed by atoms with van der Waals surface area (Å²) < 4.78 is 26.4. The molecule has 2 aromatic carbocycles. The van der Waals surface area contributed by atoms with Crippen molar-refractivity contribution in [3.63, 3.8) is 0 Å². The fraction of sp³-hybridized carbons (Fsp3) is 0.440. The number of nitrogens with one attached hydrogen (secondary N) is 1. The molecule has 9 heteroatoms. The summed E-state index contributed by atoms with van der Waals surface area (Å²) >= 11 is 6.11. The fourth-order valence-corrected chi connectivity index (χ4v) is 4.56. The Morgan fingerprint density at radius 3 is 2.26 bits per heavy atom. The van der Waals surface area contributed by atoms with Crippen LogP contribution in [0.1, 0.15) is 38.8 Å². The van der Waals surface area contributed by atoms with Crippen molar-refractivity contribution in [1.29, 1.82) is 0 Å². The van der Waals surface area contributed by atoms with Crippen LogP contribution in [0.25, 0.3) is 0 Å². The summed E-state index contributed by atoms with van der Waals surface area (Å²) in [5.41, 5.74) is 1.53. The average Bonchev–Trinajstić information content (AvgIpc) is 2.72. The zero-order valence-corrected chi connectivity index (χ0v) is 22.2. The van der Waals surface area contributed by atoms with Crippen molar-refractivity contribution in [1.82, 2.24) is 10.2 Å². The molecule has 0 radical (unpaired) electrons. The van der Waals surface area contributed by atoms with Crippen LogP contribution in [0, 0.1) is 6.92 Å². The molecule has 0 aromatic heterocycles. The molecule has 186 valence electrons. The van der Waals surface area contributed by atoms with E-state index in [0.29, 0.717) is 22.7 Å². The van der Waals surface area contributed by atoms with E-state index in [4.69, 9.17) is 11.6 Å². The van der Waals surface area contributed by atoms with Gasteiger partial charge in [0.1, 0.15) is 12.6 Å². The van der Waals surface area contributed by atoms with Crippen LogP contribution in [0.5, 0.6) is 0 Å². The van der Waals surface area contributed by atoms with Gasteiger partial charge >= 0.3 is 0 Å². The van der Waals surface area contributed by atoms with E-state index in [1.54, 1.807) is 26.0 Å². The highest BCUT2D eigenvalue weighted by atomic mass is 35.5. The average molecular weight is 508 g/mol. The minimum absolute atomic E-state index is 0.258. The van der Waals surface area contributed by atoms with Gasteiger partial charge in [0, 0.05) is 17.1 Å². The number of anilines is 1. The lowest BCUT2D eigenvalue weighted by Crippen LogP contribution is -2.55. The topological polar surface area (TPSA) is 86.8 Å². The molecule has 0 spiro atoms. The molecule has 0 bridgehead atoms. The Kier molecular flexibility index (Phi) is 9.14. The first-order valence-electron chi connectivity index (χ1n) is 11.1. The van der Waals surface area contributed by atoms with E-state index in [9.17, 15) is 18.0 Å². The number of hydrogen-bond acceptors (Lipinski definition) is 4. The van der Waals surface area contributed by atoms with Gasteiger partial charge in [0.15, 0.2) is 0 Å². The van der Waals surface area contributed by atoms with Crippen LogP contribution in [0.2, 0.25) is 5.02 Å². The lowest BCUT2D eigenvalue weighted by Gasteiger charge is -2.33. The zero-order chi connectivity index (χ0) is 25.7. The Balaban J connectivity index is 2.37. The second-order valence-electron chi connectivity index (χ2n) is 9.44. The largest absolute Gasteiger partial charge is 0.350 e. The van der Waals surface area contributed by atoms with E-state index in [1.165, 1.54) is 11.0 Å². The van der Waals surface area contributed by atoms with Crippen LogP contribution in [0.15, 0.2) is 48.5 Å². The van der Waals surface area contributed by atoms with Gasteiger partial charge in [-0.2, -0.15) is 0 Å². The molecule has 2 amide bonds. The molecular weight excluding hydrogens is 474 g/mol. The van der Waals surface area contributed by atoms with Crippen LogP contribution in [-0.4, -0.2) is 56.1 Å². The number of rotatable bonds is 9. The van der Waals surface area contributed by atoms with Crippen molar-refractivity contribution >= 4 is 39.1 Å². The number of sulfonamides is 1. The Labute approximate surface area is 208 Å². The van der Waals surface area contributed by atoms with Gasteiger partial charge in [0.2, 0.25) is 21.8 Å². The van der Waals surface area contributed by atoms with Gasteiger partial charge in [-0.05, 0) is 64.3 Å². The normalized spacial score (nSPS) is 12.7. The maximum Gasteiger partial charge on any atom is 0.244 e. The second-order valence-corrected chi connectivity index (χ2v) is 11.8. The molecule has 0 aliphatic heterocycles. The number of carbonyl (C=O) groups is 2. The monoisotopic (exact) mass is 507 g/mol. The van der Waals surface area contributed by atoms with Crippen molar-refractivity contribution in [2.75, 3.05) is 23.7 Å². The molecule has 34 heavy (non-hydrogen) atoms. The lowest BCUT2D eigenvalue weighted by molar-refractivity contribution is -0.139. The molecule has 0 saturated carbocycles. The zero-order valence-electron chi connectivity index (χ0n) is 20.6. The molecular formula is C25H34ClN3O4S. The second kappa shape index (κ2) is 11.2. The Morgan fingerprint density at radius 1 is 1.09 bits per heavy atom. The van der Waals surface area contributed by atoms with Crippen LogP contribution in [0.4, 0.5) is 5.69 Å². The highest BCUT2D eigenvalue weighted by molar-refractivity contribution is 7.92. The molecule has 2 rings (SSSR count). The van der Waals surface area contributed by atoms with Crippen molar-refractivity contribution in [2.45, 2.75) is 52.6 Å². The van der Waals surface area contributed by atoms with Crippen molar-refractivity contribution < 1.29 is 18.0 Å². The highest BCUT2D eigenvalue weighted by Gasteiger charge is 2.31. The predicted molar refractivity (Wildman–Crippen MR) is 138 cm³/mol. The van der Waals surface area contributed by atoms with Gasteiger partial charge in [0.05, 0.1) is 11.9 Å². The smallest absolute Gasteiger partial charge is 0.244 e. The maximum atomic E-state index is 13.5. The summed E-state index contributed by atoms with van der Waals surface area (Å²) in [5.74, 6) is -0.781. The van der Waals surface area contributed by atoms with Gasteiger partial charge in [-0.1, -0.05) is 48.0 Å². The number of benzene rings is 2. The Bertz CT molecular complexity index is 1110. The van der Waals surface area contributed by atoms with E-state index < -0.39 is 34.1 Å². The van der Waals surface area contributed by atoms with Gasteiger partial charge in [-0.15, -0.1) is 0 Å². The number of halogens is 1. The van der Waals surface area contributed by atoms with Crippen LogP contribution < -0.4 is 9.62 Å². The van der Waals surface area contributed by atoms with Crippen molar-refractivity contribution in [3.8, 4) is 0 Å². The summed E-state index contributed by atoms with van der Waals surface area (Å²) in [7, 11) is -3.80. The molecule has 1 unspecified atom stereocenters. The number of hydrogen-bond donors (Lipinski definition) is 1. The first-order chi connectivity index (χ1) is 15.7. The minimum Gasteiger partial charge on any atom is -0.350 e. The van der Waals surface area contributed by atoms with Gasteiger partial charge in [-0.25, -0.2) is 8.42 Å². The van der Waals surface area contributed by atoms with E-state index in [0.717, 1.165) is 16.1 Å². The third-order valence-corrected chi connectivity index (χ3v) is 6.63. The SMILES string of the molecule is Cc1ccc(Cl)cc1N(CC(=O)N(CCc1ccccc1)C(C)C(=O)NC(C)(C)C)S(C)(=O)=O. The van der Waals surface area contributed by atoms with Crippen LogP contribution in [-0.2, 0) is 26.0 Å². The quantitative estimate of drug-likeness (QED) is 0.559. The molecule has 0 saturated heterocycles. The van der Waals surface area contributed by atoms with E-state index >= 15 is 0 Å². The van der Waals surface area contributed by atoms with Crippen molar-refractivity contribution in [3.05, 3.63) is 64.7 Å². The summed E-state index contributed by atoms with van der Waals surface area (Å²) in [4.78, 5) is 27.9. The Morgan fingerprint density at radius 2 is 1.71 bits per heavy atom. The van der Waals surface area contributed by atoms with Crippen molar-refractivity contribution in [2.24, 2.45) is 0 Å². The molecule has 1 atom stereocenters. The van der Waals surface area contributed by atoms with E-state index in [-0.39, 0.29) is 12.5 Å². The lowest BCUT2D eigenvalue weighted by atomic mass is 10.1. The molecule has 1 N–H and O–H groups in total. The number of nitrogens with zero attached hydrogens (tertiary/aromatic N) is 2. The third kappa shape index (κ3) is 8.02. The molecule has 0 aliphatic carbocycles. The first-order valence-corrected chi connectivity index (χ1v) is 13.3. The number of carbonyl (C=O) groups excluding carboxylic acids is 2. The maximum absolute atomic E-state index is 13.5. The van der Waals surface area contributed by atoms with E-state index in [2.05, 4.69) is 5.32 Å². The summed E-state index contributed by atoms with van der Waals surface area (Å²) in [6.07, 6.45) is 1.57. The highest BCUT2D eigenvalue weighted by Crippen LogP contribution is 2.26. The molecule has 2 aromatic rings. The summed E-state index contributed by atoms with van der Waals surface area (Å²) in [5, 5.41) is 3.26. The van der Waals surface area contributed by atoms with Crippen LogP contribution >= 0.6 is 11.6 Å². The van der Waals surface area contributed by atoms with Gasteiger partial charge in [0.25, 0.3) is 0 Å².